The first-order valence-corrected chi connectivity index (χ1v) is 11.0. The monoisotopic (exact) mass is 433 g/mol. The Hall–Kier alpha value is -2.94. The van der Waals surface area contributed by atoms with Crippen LogP contribution in [0, 0.1) is 0 Å². The van der Waals surface area contributed by atoms with Gasteiger partial charge in [0.25, 0.3) is 0 Å². The molecule has 1 aromatic heterocycles. The lowest BCUT2D eigenvalue weighted by atomic mass is 10.1. The fourth-order valence-corrected chi connectivity index (χ4v) is 3.60. The molecule has 0 saturated carbocycles. The maximum atomic E-state index is 13.0. The van der Waals surface area contributed by atoms with Crippen molar-refractivity contribution in [3.8, 4) is 0 Å². The van der Waals surface area contributed by atoms with Crippen LogP contribution in [0.25, 0.3) is 6.08 Å². The van der Waals surface area contributed by atoms with Crippen LogP contribution in [0.3, 0.4) is 0 Å². The van der Waals surface area contributed by atoms with Crippen molar-refractivity contribution in [3.63, 3.8) is 0 Å². The van der Waals surface area contributed by atoms with Crippen molar-refractivity contribution < 1.29 is 22.7 Å². The molecule has 2 aromatic rings. The van der Waals surface area contributed by atoms with E-state index >= 15 is 0 Å². The summed E-state index contributed by atoms with van der Waals surface area (Å²) in [6, 6.07) is 7.92. The minimum atomic E-state index is -3.64. The molecule has 0 unspecified atom stereocenters. The van der Waals surface area contributed by atoms with Crippen molar-refractivity contribution in [2.24, 2.45) is 0 Å². The van der Waals surface area contributed by atoms with Gasteiger partial charge in [0.2, 0.25) is 5.91 Å². The Morgan fingerprint density at radius 3 is 2.43 bits per heavy atom. The molecule has 0 saturated heterocycles. The molecule has 30 heavy (non-hydrogen) atoms. The number of carbonyl (C=O) groups excluding carboxylic acids is 2. The van der Waals surface area contributed by atoms with Gasteiger partial charge >= 0.3 is 5.97 Å². The average Bonchev–Trinajstić information content (AvgIpc) is 3.19. The van der Waals surface area contributed by atoms with E-state index in [0.717, 1.165) is 0 Å². The molecule has 0 aliphatic rings. The van der Waals surface area contributed by atoms with Gasteiger partial charge in [0, 0.05) is 23.9 Å². The molecule has 0 fully saturated rings. The molecule has 0 aliphatic carbocycles. The number of sulfone groups is 1. The summed E-state index contributed by atoms with van der Waals surface area (Å²) in [6.45, 7) is 4.74. The topological polar surface area (TPSA) is 118 Å². The number of aromatic amines is 1. The van der Waals surface area contributed by atoms with Gasteiger partial charge in [0.15, 0.2) is 9.84 Å². The van der Waals surface area contributed by atoms with Gasteiger partial charge in [-0.1, -0.05) is 30.3 Å². The Morgan fingerprint density at radius 1 is 1.23 bits per heavy atom. The van der Waals surface area contributed by atoms with Gasteiger partial charge < -0.3 is 15.0 Å². The lowest BCUT2D eigenvalue weighted by Crippen LogP contribution is -2.45. The summed E-state index contributed by atoms with van der Waals surface area (Å²) in [6.07, 6.45) is 4.64. The molecule has 0 spiro atoms. The highest BCUT2D eigenvalue weighted by Crippen LogP contribution is 2.20. The van der Waals surface area contributed by atoms with E-state index in [0.29, 0.717) is 11.3 Å². The number of esters is 1. The lowest BCUT2D eigenvalue weighted by Gasteiger charge is -2.21. The summed E-state index contributed by atoms with van der Waals surface area (Å²) in [4.78, 5) is 32.0. The van der Waals surface area contributed by atoms with Crippen LogP contribution >= 0.6 is 0 Å². The van der Waals surface area contributed by atoms with Gasteiger partial charge in [-0.15, -0.1) is 0 Å². The van der Waals surface area contributed by atoms with Crippen LogP contribution in [0.15, 0.2) is 48.4 Å². The van der Waals surface area contributed by atoms with Crippen LogP contribution < -0.4 is 5.32 Å². The van der Waals surface area contributed by atoms with Crippen molar-refractivity contribution in [3.05, 3.63) is 59.7 Å². The molecule has 1 aromatic carbocycles. The van der Waals surface area contributed by atoms with Crippen LogP contribution in [-0.4, -0.2) is 53.9 Å². The van der Waals surface area contributed by atoms with Crippen molar-refractivity contribution in [1.82, 2.24) is 15.3 Å². The second-order valence-electron chi connectivity index (χ2n) is 7.78. The molecule has 2 rings (SSSR count). The molecule has 9 heteroatoms. The van der Waals surface area contributed by atoms with E-state index in [-0.39, 0.29) is 12.0 Å². The molecular formula is C21H27N3O5S. The zero-order valence-corrected chi connectivity index (χ0v) is 18.3. The first-order valence-electron chi connectivity index (χ1n) is 9.37. The Kier molecular flexibility index (Phi) is 7.55. The molecule has 1 amide bonds. The van der Waals surface area contributed by atoms with E-state index in [9.17, 15) is 18.0 Å². The summed E-state index contributed by atoms with van der Waals surface area (Å²) in [7, 11) is -2.41. The second-order valence-corrected chi connectivity index (χ2v) is 10.5. The molecular weight excluding hydrogens is 406 g/mol. The zero-order chi connectivity index (χ0) is 22.4. The normalized spacial score (nSPS) is 13.5. The standard InChI is InChI=1S/C21H27N3O5S/c1-21(2,3)30(27,28)13-16(10-15-8-6-5-7-9-15)19(25)24-18(20(26)29-4)11-17-12-22-14-23-17/h5-10,12,14,18H,11,13H2,1-4H3,(H,22,23)(H,24,25)/t18-/m0/s1. The highest BCUT2D eigenvalue weighted by atomic mass is 32.2. The van der Waals surface area contributed by atoms with E-state index in [1.807, 2.05) is 6.07 Å². The van der Waals surface area contributed by atoms with Crippen molar-refractivity contribution in [2.75, 3.05) is 12.9 Å². The van der Waals surface area contributed by atoms with E-state index in [4.69, 9.17) is 4.74 Å². The summed E-state index contributed by atoms with van der Waals surface area (Å²) in [5.41, 5.74) is 1.34. The van der Waals surface area contributed by atoms with Crippen LogP contribution in [0.4, 0.5) is 0 Å². The second kappa shape index (κ2) is 9.71. The number of ether oxygens (including phenoxy) is 1. The molecule has 1 heterocycles. The molecule has 1 atom stereocenters. The van der Waals surface area contributed by atoms with Crippen LogP contribution in [0.1, 0.15) is 32.0 Å². The third-order valence-electron chi connectivity index (χ3n) is 4.48. The number of imidazole rings is 1. The van der Waals surface area contributed by atoms with Crippen LogP contribution in [-0.2, 0) is 30.6 Å². The van der Waals surface area contributed by atoms with Crippen LogP contribution in [0.5, 0.6) is 0 Å². The molecule has 0 radical (unpaired) electrons. The SMILES string of the molecule is COC(=O)[C@H](Cc1cnc[nH]1)NC(=O)C(=Cc1ccccc1)CS(=O)(=O)C(C)(C)C. The minimum Gasteiger partial charge on any atom is -0.467 e. The zero-order valence-electron chi connectivity index (χ0n) is 17.5. The fraction of sp³-hybridized carbons (Fsp3) is 0.381. The number of benzene rings is 1. The van der Waals surface area contributed by atoms with Gasteiger partial charge in [-0.25, -0.2) is 18.2 Å². The maximum absolute atomic E-state index is 13.0. The van der Waals surface area contributed by atoms with Gasteiger partial charge in [-0.3, -0.25) is 4.79 Å². The van der Waals surface area contributed by atoms with Crippen molar-refractivity contribution in [1.29, 1.82) is 0 Å². The van der Waals surface area contributed by atoms with Gasteiger partial charge in [-0.05, 0) is 32.4 Å². The first-order chi connectivity index (χ1) is 14.0. The Balaban J connectivity index is 2.35. The smallest absolute Gasteiger partial charge is 0.328 e. The number of hydrogen-bond donors (Lipinski definition) is 2. The lowest BCUT2D eigenvalue weighted by molar-refractivity contribution is -0.144. The number of carbonyl (C=O) groups is 2. The summed E-state index contributed by atoms with van der Waals surface area (Å²) < 4.78 is 29.3. The number of nitrogens with one attached hydrogen (secondary N) is 2. The minimum absolute atomic E-state index is 0.0367. The predicted molar refractivity (Wildman–Crippen MR) is 114 cm³/mol. The van der Waals surface area contributed by atoms with E-state index < -0.39 is 38.3 Å². The molecule has 8 nitrogen and oxygen atoms in total. The van der Waals surface area contributed by atoms with Gasteiger partial charge in [-0.2, -0.15) is 0 Å². The largest absolute Gasteiger partial charge is 0.467 e. The van der Waals surface area contributed by atoms with Crippen LogP contribution in [0.2, 0.25) is 0 Å². The van der Waals surface area contributed by atoms with Gasteiger partial charge in [0.1, 0.15) is 6.04 Å². The number of H-pyrrole nitrogens is 1. The fourth-order valence-electron chi connectivity index (χ4n) is 2.55. The maximum Gasteiger partial charge on any atom is 0.328 e. The Labute approximate surface area is 176 Å². The quantitative estimate of drug-likeness (QED) is 0.485. The number of hydrogen-bond acceptors (Lipinski definition) is 6. The predicted octanol–water partition coefficient (Wildman–Crippen LogP) is 1.91. The number of rotatable bonds is 8. The molecule has 2 N–H and O–H groups in total. The number of aromatic nitrogens is 2. The third kappa shape index (κ3) is 6.28. The number of methoxy groups -OCH3 is 1. The molecule has 162 valence electrons. The Bertz CT molecular complexity index is 991. The molecule has 0 aliphatic heterocycles. The highest BCUT2D eigenvalue weighted by molar-refractivity contribution is 7.92. The number of nitrogens with zero attached hydrogens (tertiary/aromatic N) is 1. The summed E-state index contributed by atoms with van der Waals surface area (Å²) in [5.74, 6) is -1.76. The number of amides is 1. The first kappa shape index (κ1) is 23.3. The van der Waals surface area contributed by atoms with E-state index in [2.05, 4.69) is 15.3 Å². The Morgan fingerprint density at radius 2 is 1.90 bits per heavy atom. The van der Waals surface area contributed by atoms with Gasteiger partial charge in [0.05, 0.1) is 23.9 Å². The summed E-state index contributed by atoms with van der Waals surface area (Å²) >= 11 is 0. The van der Waals surface area contributed by atoms with Crippen molar-refractivity contribution >= 4 is 27.8 Å². The van der Waals surface area contributed by atoms with E-state index in [1.165, 1.54) is 25.7 Å². The summed E-state index contributed by atoms with van der Waals surface area (Å²) in [5, 5.41) is 2.61. The average molecular weight is 434 g/mol. The highest BCUT2D eigenvalue weighted by Gasteiger charge is 2.32. The van der Waals surface area contributed by atoms with E-state index in [1.54, 1.807) is 45.0 Å². The van der Waals surface area contributed by atoms with Crippen molar-refractivity contribution in [2.45, 2.75) is 38.0 Å². The third-order valence-corrected chi connectivity index (χ3v) is 7.04. The molecule has 0 bridgehead atoms.